The Kier molecular flexibility index (Phi) is 3.22. The van der Waals surface area contributed by atoms with Crippen LogP contribution in [0.25, 0.3) is 10.8 Å². The summed E-state index contributed by atoms with van der Waals surface area (Å²) in [6.07, 6.45) is 2.22. The van der Waals surface area contributed by atoms with E-state index in [1.807, 2.05) is 41.3 Å². The number of carbonyl (C=O) groups excluding carboxylic acids is 1. The van der Waals surface area contributed by atoms with E-state index < -0.39 is 0 Å². The third-order valence-corrected chi connectivity index (χ3v) is 3.61. The van der Waals surface area contributed by atoms with Crippen LogP contribution in [0.15, 0.2) is 42.5 Å². The van der Waals surface area contributed by atoms with Gasteiger partial charge in [-0.1, -0.05) is 30.3 Å². The van der Waals surface area contributed by atoms with Crippen molar-refractivity contribution >= 4 is 16.7 Å². The van der Waals surface area contributed by atoms with Gasteiger partial charge in [0.1, 0.15) is 0 Å². The van der Waals surface area contributed by atoms with Gasteiger partial charge < -0.3 is 10.6 Å². The van der Waals surface area contributed by atoms with Crippen LogP contribution in [0.5, 0.6) is 0 Å². The maximum atomic E-state index is 12.5. The molecule has 0 radical (unpaired) electrons. The summed E-state index contributed by atoms with van der Waals surface area (Å²) in [6.45, 7) is 1.17. The van der Waals surface area contributed by atoms with Crippen LogP contribution >= 0.6 is 0 Å². The fourth-order valence-electron chi connectivity index (χ4n) is 2.46. The maximum Gasteiger partial charge on any atom is 0.254 e. The van der Waals surface area contributed by atoms with E-state index in [1.165, 1.54) is 0 Å². The van der Waals surface area contributed by atoms with E-state index >= 15 is 0 Å². The van der Waals surface area contributed by atoms with Crippen LogP contribution < -0.4 is 5.73 Å². The fourth-order valence-corrected chi connectivity index (χ4v) is 2.46. The number of nitrogens with zero attached hydrogens (tertiary/aromatic N) is 1. The Morgan fingerprint density at radius 3 is 2.58 bits per heavy atom. The highest BCUT2D eigenvalue weighted by Crippen LogP contribution is 2.28. The second kappa shape index (κ2) is 5.02. The lowest BCUT2D eigenvalue weighted by Crippen LogP contribution is -2.37. The normalized spacial score (nSPS) is 14.6. The van der Waals surface area contributed by atoms with Crippen LogP contribution in [0, 0.1) is 0 Å². The average Bonchev–Trinajstić information content (AvgIpc) is 3.28. The SMILES string of the molecule is NCCN(C(=O)c1ccc2ccccc2c1)C1CC1. The molecule has 3 heteroatoms. The molecule has 0 unspecified atom stereocenters. The van der Waals surface area contributed by atoms with Crippen molar-refractivity contribution in [3.8, 4) is 0 Å². The zero-order chi connectivity index (χ0) is 13.2. The lowest BCUT2D eigenvalue weighted by molar-refractivity contribution is 0.0748. The zero-order valence-corrected chi connectivity index (χ0v) is 10.9. The Morgan fingerprint density at radius 1 is 1.16 bits per heavy atom. The molecule has 2 aromatic rings. The molecule has 3 rings (SSSR count). The molecule has 0 saturated heterocycles. The molecule has 2 aromatic carbocycles. The van der Waals surface area contributed by atoms with Crippen LogP contribution in [0.3, 0.4) is 0 Å². The van der Waals surface area contributed by atoms with Gasteiger partial charge in [-0.3, -0.25) is 4.79 Å². The molecule has 0 aliphatic heterocycles. The van der Waals surface area contributed by atoms with E-state index in [0.717, 1.165) is 29.2 Å². The van der Waals surface area contributed by atoms with Crippen molar-refractivity contribution in [1.82, 2.24) is 4.90 Å². The number of benzene rings is 2. The highest BCUT2D eigenvalue weighted by Gasteiger charge is 2.32. The van der Waals surface area contributed by atoms with Crippen LogP contribution in [0.4, 0.5) is 0 Å². The third-order valence-electron chi connectivity index (χ3n) is 3.61. The molecule has 1 aliphatic rings. The molecule has 1 amide bonds. The van der Waals surface area contributed by atoms with E-state index in [4.69, 9.17) is 5.73 Å². The summed E-state index contributed by atoms with van der Waals surface area (Å²) in [5.74, 6) is 0.110. The Labute approximate surface area is 113 Å². The smallest absolute Gasteiger partial charge is 0.254 e. The quantitative estimate of drug-likeness (QED) is 0.910. The van der Waals surface area contributed by atoms with E-state index in [9.17, 15) is 4.79 Å². The fraction of sp³-hybridized carbons (Fsp3) is 0.312. The van der Waals surface area contributed by atoms with Gasteiger partial charge in [0, 0.05) is 24.7 Å². The first-order valence-electron chi connectivity index (χ1n) is 6.79. The summed E-state index contributed by atoms with van der Waals surface area (Å²) in [5.41, 5.74) is 6.37. The molecule has 0 atom stereocenters. The maximum absolute atomic E-state index is 12.5. The predicted octanol–water partition coefficient (Wildman–Crippen LogP) is 2.40. The molecule has 98 valence electrons. The molecule has 1 fully saturated rings. The largest absolute Gasteiger partial charge is 0.334 e. The predicted molar refractivity (Wildman–Crippen MR) is 77.1 cm³/mol. The molecule has 0 bridgehead atoms. The van der Waals surface area contributed by atoms with E-state index in [2.05, 4.69) is 6.07 Å². The van der Waals surface area contributed by atoms with Gasteiger partial charge in [-0.15, -0.1) is 0 Å². The standard InChI is InChI=1S/C16H18N2O/c17-9-10-18(15-7-8-15)16(19)14-6-5-12-3-1-2-4-13(12)11-14/h1-6,11,15H,7-10,17H2. The van der Waals surface area contributed by atoms with Crippen molar-refractivity contribution in [2.24, 2.45) is 5.73 Å². The molecular weight excluding hydrogens is 236 g/mol. The van der Waals surface area contributed by atoms with Gasteiger partial charge in [-0.2, -0.15) is 0 Å². The number of rotatable bonds is 4. The summed E-state index contributed by atoms with van der Waals surface area (Å²) < 4.78 is 0. The van der Waals surface area contributed by atoms with Crippen molar-refractivity contribution in [2.45, 2.75) is 18.9 Å². The second-order valence-corrected chi connectivity index (χ2v) is 5.08. The first-order valence-corrected chi connectivity index (χ1v) is 6.79. The summed E-state index contributed by atoms with van der Waals surface area (Å²) in [5, 5.41) is 2.27. The third kappa shape index (κ3) is 2.47. The zero-order valence-electron chi connectivity index (χ0n) is 10.9. The van der Waals surface area contributed by atoms with Crippen molar-refractivity contribution in [2.75, 3.05) is 13.1 Å². The molecule has 19 heavy (non-hydrogen) atoms. The van der Waals surface area contributed by atoms with Gasteiger partial charge in [0.05, 0.1) is 0 Å². The molecule has 0 heterocycles. The van der Waals surface area contributed by atoms with Gasteiger partial charge in [0.25, 0.3) is 5.91 Å². The number of carbonyl (C=O) groups is 1. The molecule has 1 saturated carbocycles. The van der Waals surface area contributed by atoms with E-state index in [1.54, 1.807) is 0 Å². The summed E-state index contributed by atoms with van der Waals surface area (Å²) in [4.78, 5) is 14.5. The topological polar surface area (TPSA) is 46.3 Å². The minimum Gasteiger partial charge on any atom is -0.334 e. The lowest BCUT2D eigenvalue weighted by Gasteiger charge is -2.21. The van der Waals surface area contributed by atoms with Crippen LogP contribution in [0.2, 0.25) is 0 Å². The molecule has 0 spiro atoms. The molecule has 1 aliphatic carbocycles. The van der Waals surface area contributed by atoms with Crippen molar-refractivity contribution in [3.63, 3.8) is 0 Å². The number of hydrogen-bond donors (Lipinski definition) is 1. The molecule has 0 aromatic heterocycles. The molecule has 2 N–H and O–H groups in total. The highest BCUT2D eigenvalue weighted by molar-refractivity contribution is 5.98. The first-order chi connectivity index (χ1) is 9.29. The average molecular weight is 254 g/mol. The second-order valence-electron chi connectivity index (χ2n) is 5.08. The molecule has 3 nitrogen and oxygen atoms in total. The Balaban J connectivity index is 1.91. The molecular formula is C16H18N2O. The van der Waals surface area contributed by atoms with Gasteiger partial charge in [0.15, 0.2) is 0 Å². The monoisotopic (exact) mass is 254 g/mol. The van der Waals surface area contributed by atoms with Crippen LogP contribution in [0.1, 0.15) is 23.2 Å². The number of hydrogen-bond acceptors (Lipinski definition) is 2. The highest BCUT2D eigenvalue weighted by atomic mass is 16.2. The Morgan fingerprint density at radius 2 is 1.89 bits per heavy atom. The summed E-state index contributed by atoms with van der Waals surface area (Å²) in [7, 11) is 0. The van der Waals surface area contributed by atoms with Crippen molar-refractivity contribution in [1.29, 1.82) is 0 Å². The number of amides is 1. The minimum absolute atomic E-state index is 0.110. The Hall–Kier alpha value is -1.87. The number of nitrogens with two attached hydrogens (primary N) is 1. The summed E-state index contributed by atoms with van der Waals surface area (Å²) >= 11 is 0. The van der Waals surface area contributed by atoms with Crippen molar-refractivity contribution in [3.05, 3.63) is 48.0 Å². The van der Waals surface area contributed by atoms with Crippen LogP contribution in [-0.4, -0.2) is 29.9 Å². The van der Waals surface area contributed by atoms with Gasteiger partial charge >= 0.3 is 0 Å². The van der Waals surface area contributed by atoms with Gasteiger partial charge in [0.2, 0.25) is 0 Å². The number of fused-ring (bicyclic) bond motifs is 1. The van der Waals surface area contributed by atoms with Crippen molar-refractivity contribution < 1.29 is 4.79 Å². The Bertz CT molecular complexity index is 604. The van der Waals surface area contributed by atoms with Crippen LogP contribution in [-0.2, 0) is 0 Å². The lowest BCUT2D eigenvalue weighted by atomic mass is 10.1. The first kappa shape index (κ1) is 12.2. The summed E-state index contributed by atoms with van der Waals surface area (Å²) in [6, 6.07) is 14.4. The van der Waals surface area contributed by atoms with Gasteiger partial charge in [-0.05, 0) is 35.7 Å². The van der Waals surface area contributed by atoms with E-state index in [0.29, 0.717) is 19.1 Å². The van der Waals surface area contributed by atoms with Gasteiger partial charge in [-0.25, -0.2) is 0 Å². The van der Waals surface area contributed by atoms with E-state index in [-0.39, 0.29) is 5.91 Å². The minimum atomic E-state index is 0.110.